The Morgan fingerprint density at radius 2 is 1.89 bits per heavy atom. The van der Waals surface area contributed by atoms with Gasteiger partial charge in [-0.15, -0.1) is 12.4 Å². The lowest BCUT2D eigenvalue weighted by Gasteiger charge is -2.51. The summed E-state index contributed by atoms with van der Waals surface area (Å²) in [6.45, 7) is 7.38. The molecule has 0 amide bonds. The summed E-state index contributed by atoms with van der Waals surface area (Å²) in [5.41, 5.74) is 3.06. The Morgan fingerprint density at radius 3 is 2.39 bits per heavy atom. The van der Waals surface area contributed by atoms with Crippen LogP contribution >= 0.6 is 12.4 Å². The van der Waals surface area contributed by atoms with E-state index >= 15 is 0 Å². The van der Waals surface area contributed by atoms with Gasteiger partial charge >= 0.3 is 0 Å². The third-order valence-electron chi connectivity index (χ3n) is 4.58. The van der Waals surface area contributed by atoms with E-state index in [2.05, 4.69) is 36.9 Å². The van der Waals surface area contributed by atoms with Crippen molar-refractivity contribution in [3.8, 4) is 0 Å². The molecule has 0 saturated carbocycles. The Kier molecular flexibility index (Phi) is 3.72. The van der Waals surface area contributed by atoms with Gasteiger partial charge in [0.1, 0.15) is 5.60 Å². The molecule has 0 aliphatic carbocycles. The second kappa shape index (κ2) is 4.84. The maximum Gasteiger partial charge on any atom is 0.105 e. The van der Waals surface area contributed by atoms with Crippen molar-refractivity contribution >= 4 is 12.4 Å². The van der Waals surface area contributed by atoms with Crippen molar-refractivity contribution in [2.24, 2.45) is 5.92 Å². The van der Waals surface area contributed by atoms with Gasteiger partial charge in [-0.3, -0.25) is 0 Å². The van der Waals surface area contributed by atoms with Crippen molar-refractivity contribution in [1.29, 1.82) is 0 Å². The zero-order valence-electron chi connectivity index (χ0n) is 11.1. The van der Waals surface area contributed by atoms with Crippen molar-refractivity contribution < 1.29 is 5.11 Å². The second-order valence-corrected chi connectivity index (χ2v) is 5.79. The van der Waals surface area contributed by atoms with Gasteiger partial charge in [0.05, 0.1) is 0 Å². The van der Waals surface area contributed by atoms with Crippen LogP contribution < -0.4 is 0 Å². The first kappa shape index (κ1) is 13.9. The van der Waals surface area contributed by atoms with E-state index in [-0.39, 0.29) is 12.4 Å². The van der Waals surface area contributed by atoms with E-state index in [4.69, 9.17) is 0 Å². The van der Waals surface area contributed by atoms with Crippen LogP contribution in [-0.2, 0) is 5.60 Å². The summed E-state index contributed by atoms with van der Waals surface area (Å²) in [6, 6.07) is 6.44. The lowest BCUT2D eigenvalue weighted by Crippen LogP contribution is -2.57. The molecule has 0 spiro atoms. The summed E-state index contributed by atoms with van der Waals surface area (Å²) < 4.78 is 0. The largest absolute Gasteiger partial charge is 0.384 e. The average Bonchev–Trinajstić information content (AvgIpc) is 2.29. The molecule has 1 aromatic carbocycles. The lowest BCUT2D eigenvalue weighted by molar-refractivity contribution is -0.118. The van der Waals surface area contributed by atoms with Crippen molar-refractivity contribution in [2.75, 3.05) is 19.6 Å². The van der Waals surface area contributed by atoms with Gasteiger partial charge in [0, 0.05) is 6.54 Å². The van der Waals surface area contributed by atoms with Gasteiger partial charge in [-0.25, -0.2) is 0 Å². The maximum absolute atomic E-state index is 11.1. The number of hydrogen-bond donors (Lipinski definition) is 1. The molecule has 3 aliphatic heterocycles. The molecular weight excluding hydrogens is 246 g/mol. The number of piperidine rings is 3. The van der Waals surface area contributed by atoms with Crippen LogP contribution in [0, 0.1) is 19.8 Å². The first-order valence-electron chi connectivity index (χ1n) is 6.62. The van der Waals surface area contributed by atoms with Crippen LogP contribution in [0.1, 0.15) is 29.5 Å². The van der Waals surface area contributed by atoms with E-state index in [1.54, 1.807) is 0 Å². The Labute approximate surface area is 115 Å². The van der Waals surface area contributed by atoms with Crippen LogP contribution in [0.3, 0.4) is 0 Å². The van der Waals surface area contributed by atoms with Crippen molar-refractivity contribution in [2.45, 2.75) is 32.3 Å². The molecule has 100 valence electrons. The molecule has 0 radical (unpaired) electrons. The van der Waals surface area contributed by atoms with E-state index in [1.165, 1.54) is 11.1 Å². The smallest absolute Gasteiger partial charge is 0.105 e. The van der Waals surface area contributed by atoms with Crippen molar-refractivity contribution in [3.05, 3.63) is 34.9 Å². The van der Waals surface area contributed by atoms with Gasteiger partial charge < -0.3 is 10.0 Å². The van der Waals surface area contributed by atoms with Gasteiger partial charge in [0.25, 0.3) is 0 Å². The van der Waals surface area contributed by atoms with Crippen molar-refractivity contribution in [1.82, 2.24) is 4.90 Å². The summed E-state index contributed by atoms with van der Waals surface area (Å²) in [5.74, 6) is 0.453. The fourth-order valence-electron chi connectivity index (χ4n) is 3.64. The van der Waals surface area contributed by atoms with E-state index in [0.29, 0.717) is 5.92 Å². The summed E-state index contributed by atoms with van der Waals surface area (Å²) >= 11 is 0. The molecule has 18 heavy (non-hydrogen) atoms. The van der Waals surface area contributed by atoms with Crippen LogP contribution in [0.5, 0.6) is 0 Å². The number of nitrogens with zero attached hydrogens (tertiary/aromatic N) is 1. The highest BCUT2D eigenvalue weighted by atomic mass is 35.5. The molecule has 2 bridgehead atoms. The number of aryl methyl sites for hydroxylation is 2. The third-order valence-corrected chi connectivity index (χ3v) is 4.58. The number of rotatable bonds is 1. The molecule has 3 fully saturated rings. The monoisotopic (exact) mass is 267 g/mol. The molecule has 1 N–H and O–H groups in total. The molecule has 0 aromatic heterocycles. The van der Waals surface area contributed by atoms with E-state index < -0.39 is 5.60 Å². The highest BCUT2D eigenvalue weighted by molar-refractivity contribution is 5.85. The molecule has 1 unspecified atom stereocenters. The first-order chi connectivity index (χ1) is 8.09. The SMILES string of the molecule is Cc1ccc(C2(O)CN3CCC2CC3)c(C)c1.Cl. The number of benzene rings is 1. The standard InChI is InChI=1S/C15H21NO.ClH/c1-11-3-4-14(12(2)9-11)15(17)10-16-7-5-13(15)6-8-16;/h3-4,9,13,17H,5-8,10H2,1-2H3;1H. The van der Waals surface area contributed by atoms with Gasteiger partial charge in [0.2, 0.25) is 0 Å². The Balaban J connectivity index is 0.00000120. The molecule has 3 saturated heterocycles. The minimum Gasteiger partial charge on any atom is -0.384 e. The predicted octanol–water partition coefficient (Wildman–Crippen LogP) is 2.64. The van der Waals surface area contributed by atoms with E-state index in [9.17, 15) is 5.11 Å². The quantitative estimate of drug-likeness (QED) is 0.846. The highest BCUT2D eigenvalue weighted by Gasteiger charge is 2.46. The molecule has 4 rings (SSSR count). The fourth-order valence-corrected chi connectivity index (χ4v) is 3.64. The minimum atomic E-state index is -0.603. The van der Waals surface area contributed by atoms with Gasteiger partial charge in [-0.05, 0) is 56.8 Å². The van der Waals surface area contributed by atoms with Crippen LogP contribution in [-0.4, -0.2) is 29.6 Å². The van der Waals surface area contributed by atoms with E-state index in [1.807, 2.05) is 0 Å². The maximum atomic E-state index is 11.1. The van der Waals surface area contributed by atoms with Crippen LogP contribution in [0.2, 0.25) is 0 Å². The minimum absolute atomic E-state index is 0. The van der Waals surface area contributed by atoms with Crippen LogP contribution in [0.25, 0.3) is 0 Å². The highest BCUT2D eigenvalue weighted by Crippen LogP contribution is 2.43. The average molecular weight is 268 g/mol. The molecule has 1 atom stereocenters. The molecule has 2 nitrogen and oxygen atoms in total. The summed E-state index contributed by atoms with van der Waals surface area (Å²) in [6.07, 6.45) is 2.29. The second-order valence-electron chi connectivity index (χ2n) is 5.79. The number of aliphatic hydroxyl groups is 1. The number of fused-ring (bicyclic) bond motifs is 3. The van der Waals surface area contributed by atoms with Gasteiger partial charge in [-0.2, -0.15) is 0 Å². The zero-order valence-corrected chi connectivity index (χ0v) is 12.0. The predicted molar refractivity (Wildman–Crippen MR) is 76.2 cm³/mol. The Morgan fingerprint density at radius 1 is 1.22 bits per heavy atom. The Bertz CT molecular complexity index is 440. The number of halogens is 1. The van der Waals surface area contributed by atoms with Gasteiger partial charge in [0.15, 0.2) is 0 Å². The lowest BCUT2D eigenvalue weighted by atomic mass is 9.70. The van der Waals surface area contributed by atoms with E-state index in [0.717, 1.165) is 38.0 Å². The molecule has 3 heterocycles. The molecular formula is C15H22ClNO. The van der Waals surface area contributed by atoms with Crippen LogP contribution in [0.15, 0.2) is 18.2 Å². The first-order valence-corrected chi connectivity index (χ1v) is 6.62. The van der Waals surface area contributed by atoms with Crippen molar-refractivity contribution in [3.63, 3.8) is 0 Å². The van der Waals surface area contributed by atoms with Crippen LogP contribution in [0.4, 0.5) is 0 Å². The zero-order chi connectivity index (χ0) is 12.0. The topological polar surface area (TPSA) is 23.5 Å². The molecule has 3 heteroatoms. The summed E-state index contributed by atoms with van der Waals surface area (Å²) in [5, 5.41) is 11.1. The number of hydrogen-bond acceptors (Lipinski definition) is 2. The Hall–Kier alpha value is -0.570. The molecule has 1 aromatic rings. The van der Waals surface area contributed by atoms with Gasteiger partial charge in [-0.1, -0.05) is 23.8 Å². The third kappa shape index (κ3) is 2.07. The normalized spacial score (nSPS) is 34.2. The summed E-state index contributed by atoms with van der Waals surface area (Å²) in [4.78, 5) is 2.40. The molecule has 3 aliphatic rings. The summed E-state index contributed by atoms with van der Waals surface area (Å²) in [7, 11) is 0. The fraction of sp³-hybridized carbons (Fsp3) is 0.600.